The SMILES string of the molecule is COc1cc(C(c2cc(OC)c(OC)c(OC)c2)C2COC(=O)C2C)cc(OC)c1OC. The lowest BCUT2D eigenvalue weighted by Gasteiger charge is -2.28. The van der Waals surface area contributed by atoms with Gasteiger partial charge in [-0.15, -0.1) is 0 Å². The first-order chi connectivity index (χ1) is 15.4. The van der Waals surface area contributed by atoms with Crippen LogP contribution in [0.3, 0.4) is 0 Å². The smallest absolute Gasteiger partial charge is 0.309 e. The first-order valence-electron chi connectivity index (χ1n) is 10.2. The predicted octanol–water partition coefficient (Wildman–Crippen LogP) is 3.68. The number of carbonyl (C=O) groups excluding carboxylic acids is 1. The lowest BCUT2D eigenvalue weighted by atomic mass is 9.76. The summed E-state index contributed by atoms with van der Waals surface area (Å²) < 4.78 is 38.6. The quantitative estimate of drug-likeness (QED) is 0.540. The lowest BCUT2D eigenvalue weighted by molar-refractivity contribution is -0.140. The molecule has 3 rings (SSSR count). The molecule has 1 aliphatic rings. The molecule has 1 aliphatic heterocycles. The van der Waals surface area contributed by atoms with E-state index < -0.39 is 0 Å². The Balaban J connectivity index is 2.27. The molecule has 0 amide bonds. The summed E-state index contributed by atoms with van der Waals surface area (Å²) in [5, 5.41) is 0. The fourth-order valence-electron chi connectivity index (χ4n) is 4.26. The minimum atomic E-state index is -0.307. The number of benzene rings is 2. The van der Waals surface area contributed by atoms with Crippen LogP contribution in [0, 0.1) is 11.8 Å². The van der Waals surface area contributed by atoms with E-state index >= 15 is 0 Å². The molecule has 2 aromatic carbocycles. The van der Waals surface area contributed by atoms with E-state index in [1.165, 1.54) is 0 Å². The number of ether oxygens (including phenoxy) is 7. The van der Waals surface area contributed by atoms with Crippen LogP contribution < -0.4 is 28.4 Å². The Bertz CT molecular complexity index is 857. The average molecular weight is 446 g/mol. The maximum atomic E-state index is 12.3. The number of methoxy groups -OCH3 is 6. The summed E-state index contributed by atoms with van der Waals surface area (Å²) in [7, 11) is 9.39. The Kier molecular flexibility index (Phi) is 7.22. The summed E-state index contributed by atoms with van der Waals surface area (Å²) in [4.78, 5) is 12.3. The van der Waals surface area contributed by atoms with Crippen molar-refractivity contribution in [2.75, 3.05) is 49.3 Å². The van der Waals surface area contributed by atoms with Crippen molar-refractivity contribution in [2.45, 2.75) is 12.8 Å². The van der Waals surface area contributed by atoms with Crippen LogP contribution in [-0.2, 0) is 9.53 Å². The number of hydrogen-bond acceptors (Lipinski definition) is 8. The molecule has 0 bridgehead atoms. The van der Waals surface area contributed by atoms with Crippen molar-refractivity contribution in [1.29, 1.82) is 0 Å². The van der Waals surface area contributed by atoms with Gasteiger partial charge in [-0.25, -0.2) is 0 Å². The molecule has 0 saturated carbocycles. The summed E-state index contributed by atoms with van der Waals surface area (Å²) >= 11 is 0. The van der Waals surface area contributed by atoms with E-state index in [-0.39, 0.29) is 30.3 Å². The molecule has 174 valence electrons. The fraction of sp³-hybridized carbons (Fsp3) is 0.458. The number of rotatable bonds is 9. The molecule has 8 nitrogen and oxygen atoms in total. The van der Waals surface area contributed by atoms with E-state index in [4.69, 9.17) is 33.2 Å². The van der Waals surface area contributed by atoms with Gasteiger partial charge in [-0.2, -0.15) is 0 Å². The highest BCUT2D eigenvalue weighted by Crippen LogP contribution is 2.49. The Morgan fingerprint density at radius 2 is 1.09 bits per heavy atom. The average Bonchev–Trinajstić information content (AvgIpc) is 3.15. The molecule has 2 aromatic rings. The monoisotopic (exact) mass is 446 g/mol. The summed E-state index contributed by atoms with van der Waals surface area (Å²) in [6.45, 7) is 2.17. The summed E-state index contributed by atoms with van der Waals surface area (Å²) in [5.41, 5.74) is 1.76. The van der Waals surface area contributed by atoms with Gasteiger partial charge in [0.15, 0.2) is 23.0 Å². The van der Waals surface area contributed by atoms with Crippen molar-refractivity contribution in [3.05, 3.63) is 35.4 Å². The van der Waals surface area contributed by atoms with Gasteiger partial charge in [0.25, 0.3) is 0 Å². The van der Waals surface area contributed by atoms with Gasteiger partial charge in [-0.3, -0.25) is 4.79 Å². The van der Waals surface area contributed by atoms with Crippen LogP contribution in [0.4, 0.5) is 0 Å². The van der Waals surface area contributed by atoms with E-state index in [2.05, 4.69) is 0 Å². The van der Waals surface area contributed by atoms with Crippen LogP contribution in [-0.4, -0.2) is 55.2 Å². The molecule has 2 unspecified atom stereocenters. The number of carbonyl (C=O) groups is 1. The van der Waals surface area contributed by atoms with Gasteiger partial charge in [0.2, 0.25) is 11.5 Å². The van der Waals surface area contributed by atoms with E-state index in [0.29, 0.717) is 34.5 Å². The third kappa shape index (κ3) is 4.09. The Hall–Kier alpha value is -3.29. The number of hydrogen-bond donors (Lipinski definition) is 0. The van der Waals surface area contributed by atoms with Crippen molar-refractivity contribution >= 4 is 5.97 Å². The van der Waals surface area contributed by atoms with Crippen molar-refractivity contribution in [2.24, 2.45) is 11.8 Å². The minimum Gasteiger partial charge on any atom is -0.493 e. The molecule has 0 aliphatic carbocycles. The normalized spacial score (nSPS) is 17.7. The van der Waals surface area contributed by atoms with Crippen molar-refractivity contribution < 1.29 is 38.0 Å². The van der Waals surface area contributed by atoms with Crippen molar-refractivity contribution in [3.63, 3.8) is 0 Å². The van der Waals surface area contributed by atoms with Crippen molar-refractivity contribution in [1.82, 2.24) is 0 Å². The molecule has 0 aromatic heterocycles. The highest BCUT2D eigenvalue weighted by Gasteiger charge is 2.41. The van der Waals surface area contributed by atoms with Gasteiger partial charge < -0.3 is 33.2 Å². The van der Waals surface area contributed by atoms with Gasteiger partial charge in [0, 0.05) is 11.8 Å². The van der Waals surface area contributed by atoms with Crippen molar-refractivity contribution in [3.8, 4) is 34.5 Å². The van der Waals surface area contributed by atoms with E-state index in [9.17, 15) is 4.79 Å². The van der Waals surface area contributed by atoms with E-state index in [1.807, 2.05) is 31.2 Å². The molecule has 0 radical (unpaired) electrons. The molecule has 32 heavy (non-hydrogen) atoms. The Morgan fingerprint density at radius 1 is 0.719 bits per heavy atom. The largest absolute Gasteiger partial charge is 0.493 e. The van der Waals surface area contributed by atoms with Crippen LogP contribution in [0.15, 0.2) is 24.3 Å². The zero-order valence-electron chi connectivity index (χ0n) is 19.5. The number of esters is 1. The van der Waals surface area contributed by atoms with Gasteiger partial charge in [0.05, 0.1) is 55.2 Å². The summed E-state index contributed by atoms with van der Waals surface area (Å²) in [6, 6.07) is 7.57. The highest BCUT2D eigenvalue weighted by molar-refractivity contribution is 5.75. The molecule has 1 fully saturated rings. The summed E-state index contributed by atoms with van der Waals surface area (Å²) in [6.07, 6.45) is 0. The Morgan fingerprint density at radius 3 is 1.34 bits per heavy atom. The second-order valence-electron chi connectivity index (χ2n) is 7.48. The van der Waals surface area contributed by atoms with E-state index in [0.717, 1.165) is 11.1 Å². The predicted molar refractivity (Wildman–Crippen MR) is 118 cm³/mol. The zero-order chi connectivity index (χ0) is 23.4. The number of cyclic esters (lactones) is 1. The first-order valence-corrected chi connectivity index (χ1v) is 10.2. The van der Waals surface area contributed by atoms with Crippen LogP contribution in [0.2, 0.25) is 0 Å². The molecular weight excluding hydrogens is 416 g/mol. The third-order valence-electron chi connectivity index (χ3n) is 5.95. The van der Waals surface area contributed by atoms with Gasteiger partial charge in [-0.05, 0) is 35.4 Å². The molecule has 1 heterocycles. The molecule has 8 heteroatoms. The summed E-state index contributed by atoms with van der Waals surface area (Å²) in [5.74, 6) is 2.18. The van der Waals surface area contributed by atoms with Gasteiger partial charge in [0.1, 0.15) is 0 Å². The lowest BCUT2D eigenvalue weighted by Crippen LogP contribution is -2.22. The third-order valence-corrected chi connectivity index (χ3v) is 5.95. The topological polar surface area (TPSA) is 81.7 Å². The minimum absolute atomic E-state index is 0.131. The molecule has 2 atom stereocenters. The fourth-order valence-corrected chi connectivity index (χ4v) is 4.26. The van der Waals surface area contributed by atoms with Crippen LogP contribution in [0.25, 0.3) is 0 Å². The molecule has 0 N–H and O–H groups in total. The molecule has 1 saturated heterocycles. The van der Waals surface area contributed by atoms with Crippen LogP contribution >= 0.6 is 0 Å². The zero-order valence-corrected chi connectivity index (χ0v) is 19.5. The van der Waals surface area contributed by atoms with Gasteiger partial charge >= 0.3 is 5.97 Å². The maximum absolute atomic E-state index is 12.3. The first kappa shape index (κ1) is 23.4. The second kappa shape index (κ2) is 9.89. The highest BCUT2D eigenvalue weighted by atomic mass is 16.5. The van der Waals surface area contributed by atoms with Crippen LogP contribution in [0.1, 0.15) is 24.0 Å². The molecule has 0 spiro atoms. The maximum Gasteiger partial charge on any atom is 0.309 e. The Labute approximate surface area is 188 Å². The van der Waals surface area contributed by atoms with E-state index in [1.54, 1.807) is 42.7 Å². The standard InChI is InChI=1S/C24H30O8/c1-13-16(12-32-24(13)25)21(14-8-17(26-2)22(30-6)18(9-14)27-3)15-10-19(28-4)23(31-7)20(11-15)29-5/h8-11,13,16,21H,12H2,1-7H3. The van der Waals surface area contributed by atoms with Crippen LogP contribution in [0.5, 0.6) is 34.5 Å². The van der Waals surface area contributed by atoms with Gasteiger partial charge in [-0.1, -0.05) is 6.92 Å². The molecular formula is C24H30O8. The second-order valence-corrected chi connectivity index (χ2v) is 7.48.